The topological polar surface area (TPSA) is 53.5 Å². The zero-order valence-corrected chi connectivity index (χ0v) is 8.73. The molecule has 0 atom stereocenters. The number of carbonyl (C=O) groups is 1. The van der Waals surface area contributed by atoms with Crippen molar-refractivity contribution in [1.29, 1.82) is 0 Å². The minimum absolute atomic E-state index is 0.0908. The van der Waals surface area contributed by atoms with Crippen molar-refractivity contribution in [3.63, 3.8) is 0 Å². The SMILES string of the molecule is C/C=C/C=C/CCCC(=O)C(C)=[N+]=[N-]. The maximum Gasteiger partial charge on any atom is 0.331 e. The minimum atomic E-state index is -0.0908. The lowest BCUT2D eigenvalue weighted by molar-refractivity contribution is -0.117. The molecule has 0 fully saturated rings. The average molecular weight is 192 g/mol. The van der Waals surface area contributed by atoms with Gasteiger partial charge in [-0.15, -0.1) is 0 Å². The van der Waals surface area contributed by atoms with E-state index in [1.165, 1.54) is 6.92 Å². The monoisotopic (exact) mass is 192 g/mol. The summed E-state index contributed by atoms with van der Waals surface area (Å²) in [7, 11) is 0. The molecule has 3 nitrogen and oxygen atoms in total. The van der Waals surface area contributed by atoms with Crippen LogP contribution in [-0.4, -0.2) is 16.3 Å². The van der Waals surface area contributed by atoms with Crippen LogP contribution in [0.2, 0.25) is 0 Å². The number of Topliss-reactive ketones (excluding diaryl/α,β-unsaturated/α-hetero) is 1. The quantitative estimate of drug-likeness (QED) is 0.210. The molecule has 76 valence electrons. The molecule has 0 spiro atoms. The van der Waals surface area contributed by atoms with Crippen LogP contribution in [0.3, 0.4) is 0 Å². The number of nitrogens with zero attached hydrogens (tertiary/aromatic N) is 2. The molecule has 0 rings (SSSR count). The van der Waals surface area contributed by atoms with Gasteiger partial charge in [-0.2, -0.15) is 4.79 Å². The van der Waals surface area contributed by atoms with Crippen molar-refractivity contribution in [2.75, 3.05) is 0 Å². The van der Waals surface area contributed by atoms with Crippen LogP contribution in [0.1, 0.15) is 33.1 Å². The Balaban J connectivity index is 3.65. The van der Waals surface area contributed by atoms with Gasteiger partial charge in [0.15, 0.2) is 0 Å². The van der Waals surface area contributed by atoms with Gasteiger partial charge in [-0.25, -0.2) is 0 Å². The van der Waals surface area contributed by atoms with Gasteiger partial charge in [-0.1, -0.05) is 24.3 Å². The Kier molecular flexibility index (Phi) is 7.29. The summed E-state index contributed by atoms with van der Waals surface area (Å²) in [6.07, 6.45) is 9.97. The van der Waals surface area contributed by atoms with E-state index in [1.54, 1.807) is 0 Å². The lowest BCUT2D eigenvalue weighted by Gasteiger charge is -1.90. The number of hydrogen-bond acceptors (Lipinski definition) is 1. The molecule has 0 aliphatic carbocycles. The van der Waals surface area contributed by atoms with Crippen molar-refractivity contribution >= 4 is 11.5 Å². The van der Waals surface area contributed by atoms with Gasteiger partial charge in [0.1, 0.15) is 0 Å². The highest BCUT2D eigenvalue weighted by Crippen LogP contribution is 1.98. The smallest absolute Gasteiger partial charge is 0.331 e. The van der Waals surface area contributed by atoms with Crippen LogP contribution in [0.4, 0.5) is 0 Å². The van der Waals surface area contributed by atoms with E-state index in [-0.39, 0.29) is 11.5 Å². The average Bonchev–Trinajstić information content (AvgIpc) is 2.21. The fourth-order valence-electron chi connectivity index (χ4n) is 0.903. The van der Waals surface area contributed by atoms with Gasteiger partial charge in [0.05, 0.1) is 0 Å². The first-order valence-electron chi connectivity index (χ1n) is 4.72. The Bertz CT molecular complexity index is 284. The molecule has 3 heteroatoms. The lowest BCUT2D eigenvalue weighted by atomic mass is 10.1. The molecule has 0 saturated heterocycles. The van der Waals surface area contributed by atoms with Crippen LogP contribution < -0.4 is 0 Å². The number of ketones is 1. The Morgan fingerprint density at radius 2 is 2.14 bits per heavy atom. The van der Waals surface area contributed by atoms with Crippen LogP contribution in [0, 0.1) is 0 Å². The van der Waals surface area contributed by atoms with Gasteiger partial charge in [0.2, 0.25) is 5.78 Å². The van der Waals surface area contributed by atoms with E-state index in [1.807, 2.05) is 31.2 Å². The zero-order chi connectivity index (χ0) is 10.8. The van der Waals surface area contributed by atoms with Gasteiger partial charge in [-0.3, -0.25) is 4.79 Å². The molecule has 0 aliphatic rings. The molecule has 0 heterocycles. The van der Waals surface area contributed by atoms with Gasteiger partial charge in [0.25, 0.3) is 0 Å². The summed E-state index contributed by atoms with van der Waals surface area (Å²) in [5.41, 5.74) is 8.50. The van der Waals surface area contributed by atoms with E-state index in [0.717, 1.165) is 12.8 Å². The van der Waals surface area contributed by atoms with Crippen LogP contribution in [-0.2, 0) is 4.79 Å². The van der Waals surface area contributed by atoms with Crippen LogP contribution in [0.15, 0.2) is 24.3 Å². The van der Waals surface area contributed by atoms with Gasteiger partial charge >= 0.3 is 5.71 Å². The predicted octanol–water partition coefficient (Wildman–Crippen LogP) is 2.55. The fraction of sp³-hybridized carbons (Fsp3) is 0.455. The third-order valence-corrected chi connectivity index (χ3v) is 1.77. The summed E-state index contributed by atoms with van der Waals surface area (Å²) in [6, 6.07) is 0. The second kappa shape index (κ2) is 8.14. The van der Waals surface area contributed by atoms with E-state index >= 15 is 0 Å². The van der Waals surface area contributed by atoms with Crippen molar-refractivity contribution < 1.29 is 9.58 Å². The summed E-state index contributed by atoms with van der Waals surface area (Å²) >= 11 is 0. The first kappa shape index (κ1) is 12.5. The highest BCUT2D eigenvalue weighted by atomic mass is 16.1. The number of unbranched alkanes of at least 4 members (excludes halogenated alkanes) is 1. The second-order valence-corrected chi connectivity index (χ2v) is 2.95. The van der Waals surface area contributed by atoms with Crippen molar-refractivity contribution in [1.82, 2.24) is 0 Å². The Morgan fingerprint density at radius 1 is 1.43 bits per heavy atom. The Morgan fingerprint density at radius 3 is 2.71 bits per heavy atom. The minimum Gasteiger partial charge on any atom is -0.361 e. The first-order valence-corrected chi connectivity index (χ1v) is 4.72. The van der Waals surface area contributed by atoms with Crippen molar-refractivity contribution in [3.05, 3.63) is 29.8 Å². The second-order valence-electron chi connectivity index (χ2n) is 2.95. The number of allylic oxidation sites excluding steroid dienone is 4. The van der Waals surface area contributed by atoms with Crippen LogP contribution in [0.25, 0.3) is 5.53 Å². The van der Waals surface area contributed by atoms with E-state index in [0.29, 0.717) is 6.42 Å². The van der Waals surface area contributed by atoms with E-state index in [4.69, 9.17) is 5.53 Å². The van der Waals surface area contributed by atoms with Crippen LogP contribution >= 0.6 is 0 Å². The summed E-state index contributed by atoms with van der Waals surface area (Å²) in [6.45, 7) is 3.47. The van der Waals surface area contributed by atoms with Crippen molar-refractivity contribution in [2.45, 2.75) is 33.1 Å². The normalized spacial score (nSPS) is 10.7. The molecule has 0 N–H and O–H groups in total. The Labute approximate surface area is 84.8 Å². The van der Waals surface area contributed by atoms with Crippen molar-refractivity contribution in [3.8, 4) is 0 Å². The maximum absolute atomic E-state index is 11.1. The predicted molar refractivity (Wildman–Crippen MR) is 57.1 cm³/mol. The largest absolute Gasteiger partial charge is 0.361 e. The van der Waals surface area contributed by atoms with Crippen molar-refractivity contribution in [2.24, 2.45) is 0 Å². The molecule has 0 aliphatic heterocycles. The molecule has 0 aromatic carbocycles. The van der Waals surface area contributed by atoms with Gasteiger partial charge < -0.3 is 5.53 Å². The number of rotatable bonds is 6. The molecule has 0 radical (unpaired) electrons. The third-order valence-electron chi connectivity index (χ3n) is 1.77. The lowest BCUT2D eigenvalue weighted by Crippen LogP contribution is -2.10. The molecule has 0 amide bonds. The maximum atomic E-state index is 11.1. The Hall–Kier alpha value is -1.47. The zero-order valence-electron chi connectivity index (χ0n) is 8.73. The van der Waals surface area contributed by atoms with Gasteiger partial charge in [0, 0.05) is 13.3 Å². The first-order chi connectivity index (χ1) is 6.72. The number of hydrogen-bond donors (Lipinski definition) is 0. The molecular formula is C11H16N2O. The van der Waals surface area contributed by atoms with Crippen LogP contribution in [0.5, 0.6) is 0 Å². The molecule has 0 aromatic heterocycles. The molecular weight excluding hydrogens is 176 g/mol. The van der Waals surface area contributed by atoms with E-state index < -0.39 is 0 Å². The summed E-state index contributed by atoms with van der Waals surface area (Å²) < 4.78 is 0. The highest BCUT2D eigenvalue weighted by Gasteiger charge is 2.11. The van der Waals surface area contributed by atoms with E-state index in [9.17, 15) is 4.79 Å². The summed E-state index contributed by atoms with van der Waals surface area (Å²) in [5.74, 6) is -0.0908. The molecule has 14 heavy (non-hydrogen) atoms. The fourth-order valence-corrected chi connectivity index (χ4v) is 0.903. The van der Waals surface area contributed by atoms with Gasteiger partial charge in [-0.05, 0) is 19.8 Å². The number of carbonyl (C=O) groups excluding carboxylic acids is 1. The highest BCUT2D eigenvalue weighted by molar-refractivity contribution is 6.36. The molecule has 0 unspecified atom stereocenters. The third kappa shape index (κ3) is 6.09. The van der Waals surface area contributed by atoms with E-state index in [2.05, 4.69) is 4.79 Å². The summed E-state index contributed by atoms with van der Waals surface area (Å²) in [4.78, 5) is 14.0. The molecule has 0 bridgehead atoms. The molecule has 0 aromatic rings. The summed E-state index contributed by atoms with van der Waals surface area (Å²) in [5, 5.41) is 0. The standard InChI is InChI=1S/C11H16N2O/c1-3-4-5-6-7-8-9-11(14)10(2)13-12/h3-6H,7-9H2,1-2H3/b4-3+,6-5+. The molecule has 0 saturated carbocycles.